The minimum atomic E-state index is -0.0541. The van der Waals surface area contributed by atoms with Gasteiger partial charge >= 0.3 is 5.69 Å². The number of nitrogens with zero attached hydrogens (tertiary/aromatic N) is 4. The predicted molar refractivity (Wildman–Crippen MR) is 84.9 cm³/mol. The number of anilines is 1. The number of piperazine rings is 1. The smallest absolute Gasteiger partial charge is 0.325 e. The molecule has 0 amide bonds. The van der Waals surface area contributed by atoms with E-state index in [0.717, 1.165) is 44.0 Å². The highest BCUT2D eigenvalue weighted by molar-refractivity contribution is 5.59. The van der Waals surface area contributed by atoms with Gasteiger partial charge in [-0.05, 0) is 12.1 Å². The number of imidazole rings is 1. The molecule has 1 aliphatic heterocycles. The topological polar surface area (TPSA) is 68.1 Å². The van der Waals surface area contributed by atoms with Crippen LogP contribution in [-0.2, 0) is 6.54 Å². The summed E-state index contributed by atoms with van der Waals surface area (Å²) < 4.78 is 1.69. The van der Waals surface area contributed by atoms with Crippen molar-refractivity contribution in [3.05, 3.63) is 52.7 Å². The number of nitriles is 1. The van der Waals surface area contributed by atoms with Crippen molar-refractivity contribution < 1.29 is 0 Å². The van der Waals surface area contributed by atoms with Crippen molar-refractivity contribution >= 4 is 5.69 Å². The van der Waals surface area contributed by atoms with Gasteiger partial charge in [0.05, 0.1) is 11.3 Å². The van der Waals surface area contributed by atoms with E-state index in [9.17, 15) is 10.1 Å². The molecule has 0 spiro atoms. The number of aromatic nitrogens is 2. The summed E-state index contributed by atoms with van der Waals surface area (Å²) in [6.45, 7) is 5.27. The highest BCUT2D eigenvalue weighted by Crippen LogP contribution is 2.20. The zero-order valence-corrected chi connectivity index (χ0v) is 12.4. The molecule has 0 unspecified atom stereocenters. The van der Waals surface area contributed by atoms with E-state index in [-0.39, 0.29) is 5.69 Å². The normalized spacial score (nSPS) is 15.7. The van der Waals surface area contributed by atoms with Crippen molar-refractivity contribution in [3.63, 3.8) is 0 Å². The van der Waals surface area contributed by atoms with Gasteiger partial charge in [0, 0.05) is 51.7 Å². The average molecular weight is 297 g/mol. The molecule has 0 radical (unpaired) electrons. The Morgan fingerprint density at radius 1 is 1.14 bits per heavy atom. The van der Waals surface area contributed by atoms with Crippen LogP contribution in [0.25, 0.3) is 0 Å². The largest absolute Gasteiger partial charge is 0.368 e. The molecule has 1 aliphatic rings. The third-order valence-corrected chi connectivity index (χ3v) is 4.12. The molecule has 0 atom stereocenters. The SMILES string of the molecule is N#Cc1ccccc1N1CCN(CCn2cc[nH]c2=O)CC1. The van der Waals surface area contributed by atoms with Crippen LogP contribution in [0.2, 0.25) is 0 Å². The van der Waals surface area contributed by atoms with Crippen LogP contribution in [0.4, 0.5) is 5.69 Å². The van der Waals surface area contributed by atoms with Crippen molar-refractivity contribution in [2.45, 2.75) is 6.54 Å². The van der Waals surface area contributed by atoms with Crippen LogP contribution >= 0.6 is 0 Å². The zero-order chi connectivity index (χ0) is 15.4. The number of nitrogens with one attached hydrogen (secondary N) is 1. The monoisotopic (exact) mass is 297 g/mol. The van der Waals surface area contributed by atoms with Crippen LogP contribution in [0.3, 0.4) is 0 Å². The lowest BCUT2D eigenvalue weighted by molar-refractivity contribution is 0.247. The van der Waals surface area contributed by atoms with E-state index in [1.807, 2.05) is 24.3 Å². The maximum Gasteiger partial charge on any atom is 0.325 e. The van der Waals surface area contributed by atoms with E-state index in [1.165, 1.54) is 0 Å². The minimum Gasteiger partial charge on any atom is -0.368 e. The van der Waals surface area contributed by atoms with Crippen molar-refractivity contribution in [2.75, 3.05) is 37.6 Å². The summed E-state index contributed by atoms with van der Waals surface area (Å²) in [5.74, 6) is 0. The highest BCUT2D eigenvalue weighted by atomic mass is 16.1. The number of para-hydroxylation sites is 1. The minimum absolute atomic E-state index is 0.0541. The number of hydrogen-bond acceptors (Lipinski definition) is 4. The molecule has 6 nitrogen and oxygen atoms in total. The summed E-state index contributed by atoms with van der Waals surface area (Å²) in [6.07, 6.45) is 3.45. The van der Waals surface area contributed by atoms with Gasteiger partial charge < -0.3 is 9.88 Å². The molecule has 0 aliphatic carbocycles. The van der Waals surface area contributed by atoms with Gasteiger partial charge in [-0.15, -0.1) is 0 Å². The first kappa shape index (κ1) is 14.4. The molecule has 1 aromatic heterocycles. The number of H-pyrrole nitrogens is 1. The standard InChI is InChI=1S/C16H19N5O/c17-13-14-3-1-2-4-15(14)20-10-7-19(8-11-20)9-12-21-6-5-18-16(21)22/h1-6H,7-12H2,(H,18,22). The number of rotatable bonds is 4. The van der Waals surface area contributed by atoms with Crippen molar-refractivity contribution in [2.24, 2.45) is 0 Å². The number of benzene rings is 1. The summed E-state index contributed by atoms with van der Waals surface area (Å²) in [6, 6.07) is 9.99. The second-order valence-electron chi connectivity index (χ2n) is 5.42. The third kappa shape index (κ3) is 3.05. The second kappa shape index (κ2) is 6.50. The van der Waals surface area contributed by atoms with Crippen LogP contribution in [0.15, 0.2) is 41.5 Å². The first-order valence-electron chi connectivity index (χ1n) is 7.48. The molecular weight excluding hydrogens is 278 g/mol. The lowest BCUT2D eigenvalue weighted by Gasteiger charge is -2.36. The van der Waals surface area contributed by atoms with Gasteiger partial charge in [0.15, 0.2) is 0 Å². The van der Waals surface area contributed by atoms with Crippen molar-refractivity contribution in [1.82, 2.24) is 14.5 Å². The van der Waals surface area contributed by atoms with Crippen LogP contribution in [-0.4, -0.2) is 47.2 Å². The fourth-order valence-corrected chi connectivity index (χ4v) is 2.83. The van der Waals surface area contributed by atoms with Gasteiger partial charge in [-0.25, -0.2) is 4.79 Å². The summed E-state index contributed by atoms with van der Waals surface area (Å²) in [7, 11) is 0. The second-order valence-corrected chi connectivity index (χ2v) is 5.42. The molecule has 1 N–H and O–H groups in total. The van der Waals surface area contributed by atoms with Crippen LogP contribution in [0.1, 0.15) is 5.56 Å². The maximum absolute atomic E-state index is 11.4. The van der Waals surface area contributed by atoms with Gasteiger partial charge in [-0.3, -0.25) is 9.47 Å². The van der Waals surface area contributed by atoms with Gasteiger partial charge in [-0.1, -0.05) is 12.1 Å². The van der Waals surface area contributed by atoms with Gasteiger partial charge in [0.1, 0.15) is 6.07 Å². The Morgan fingerprint density at radius 3 is 2.59 bits per heavy atom. The molecule has 2 aromatic rings. The fraction of sp³-hybridized carbons (Fsp3) is 0.375. The Hall–Kier alpha value is -2.52. The molecule has 3 rings (SSSR count). The van der Waals surface area contributed by atoms with Crippen molar-refractivity contribution in [3.8, 4) is 6.07 Å². The van der Waals surface area contributed by atoms with Crippen LogP contribution < -0.4 is 10.6 Å². The first-order chi connectivity index (χ1) is 10.8. The summed E-state index contributed by atoms with van der Waals surface area (Å²) in [5, 5.41) is 9.19. The quantitative estimate of drug-likeness (QED) is 0.909. The molecule has 1 fully saturated rings. The lowest BCUT2D eigenvalue weighted by atomic mass is 10.1. The maximum atomic E-state index is 11.4. The Morgan fingerprint density at radius 2 is 1.91 bits per heavy atom. The molecule has 22 heavy (non-hydrogen) atoms. The molecule has 2 heterocycles. The van der Waals surface area contributed by atoms with E-state index in [0.29, 0.717) is 6.54 Å². The van der Waals surface area contributed by atoms with E-state index in [2.05, 4.69) is 20.9 Å². The molecule has 0 saturated carbocycles. The average Bonchev–Trinajstić information content (AvgIpc) is 2.98. The summed E-state index contributed by atoms with van der Waals surface area (Å²) >= 11 is 0. The van der Waals surface area contributed by atoms with Crippen molar-refractivity contribution in [1.29, 1.82) is 5.26 Å². The number of aromatic amines is 1. The molecule has 114 valence electrons. The van der Waals surface area contributed by atoms with Gasteiger partial charge in [-0.2, -0.15) is 5.26 Å². The van der Waals surface area contributed by atoms with E-state index >= 15 is 0 Å². The van der Waals surface area contributed by atoms with Crippen LogP contribution in [0.5, 0.6) is 0 Å². The molecule has 0 bridgehead atoms. The Kier molecular flexibility index (Phi) is 4.26. The van der Waals surface area contributed by atoms with E-state index < -0.39 is 0 Å². The van der Waals surface area contributed by atoms with Gasteiger partial charge in [0.2, 0.25) is 0 Å². The Labute approximate surface area is 129 Å². The molecule has 1 saturated heterocycles. The Balaban J connectivity index is 1.55. The van der Waals surface area contributed by atoms with E-state index in [1.54, 1.807) is 17.0 Å². The molecule has 1 aromatic carbocycles. The summed E-state index contributed by atoms with van der Waals surface area (Å²) in [4.78, 5) is 18.7. The van der Waals surface area contributed by atoms with Gasteiger partial charge in [0.25, 0.3) is 0 Å². The predicted octanol–water partition coefficient (Wildman–Crippen LogP) is 0.870. The molecule has 6 heteroatoms. The number of hydrogen-bond donors (Lipinski definition) is 1. The highest BCUT2D eigenvalue weighted by Gasteiger charge is 2.18. The first-order valence-corrected chi connectivity index (χ1v) is 7.48. The fourth-order valence-electron chi connectivity index (χ4n) is 2.83. The lowest BCUT2D eigenvalue weighted by Crippen LogP contribution is -2.47. The summed E-state index contributed by atoms with van der Waals surface area (Å²) in [5.41, 5.74) is 1.70. The molecular formula is C16H19N5O. The third-order valence-electron chi connectivity index (χ3n) is 4.12. The Bertz CT molecular complexity index is 718. The van der Waals surface area contributed by atoms with E-state index in [4.69, 9.17) is 0 Å². The van der Waals surface area contributed by atoms with Crippen LogP contribution in [0, 0.1) is 11.3 Å². The zero-order valence-electron chi connectivity index (χ0n) is 12.4.